The third-order valence-corrected chi connectivity index (χ3v) is 1.75. The van der Waals surface area contributed by atoms with Crippen molar-refractivity contribution in [3.8, 4) is 0 Å². The maximum absolute atomic E-state index is 5.49. The Hall–Kier alpha value is -0.0400. The molecule has 0 aliphatic rings. The van der Waals surface area contributed by atoms with Crippen molar-refractivity contribution >= 4 is 17.8 Å². The zero-order valence-corrected chi connectivity index (χ0v) is 8.11. The summed E-state index contributed by atoms with van der Waals surface area (Å²) in [7, 11) is 0. The first-order valence-corrected chi connectivity index (χ1v) is 4.99. The summed E-state index contributed by atoms with van der Waals surface area (Å²) in [6, 6.07) is 0. The normalized spacial score (nSPS) is 11.1. The molecule has 0 N–H and O–H groups in total. The monoisotopic (exact) mass is 175 g/mol. The molecule has 0 aromatic carbocycles. The summed E-state index contributed by atoms with van der Waals surface area (Å²) in [5.74, 6) is 0.728. The highest BCUT2D eigenvalue weighted by Crippen LogP contribution is 1.96. The Morgan fingerprint density at radius 1 is 1.27 bits per heavy atom. The lowest BCUT2D eigenvalue weighted by Crippen LogP contribution is -1.83. The average Bonchev–Trinajstić information content (AvgIpc) is 2.03. The largest absolute Gasteiger partial charge is 0.297 e. The fraction of sp³-hybridized carbons (Fsp3) is 0.889. The zero-order valence-electron chi connectivity index (χ0n) is 7.35. The average molecular weight is 176 g/mol. The van der Waals surface area contributed by atoms with Crippen molar-refractivity contribution in [2.75, 3.05) is 12.4 Å². The van der Waals surface area contributed by atoms with E-state index >= 15 is 0 Å². The van der Waals surface area contributed by atoms with Crippen molar-refractivity contribution in [3.05, 3.63) is 0 Å². The Morgan fingerprint density at radius 2 is 2.09 bits per heavy atom. The molecule has 0 saturated heterocycles. The van der Waals surface area contributed by atoms with Crippen LogP contribution < -0.4 is 0 Å². The Bertz CT molecular complexity index is 91.6. The lowest BCUT2D eigenvalue weighted by Gasteiger charge is -1.91. The first-order valence-electron chi connectivity index (χ1n) is 4.46. The van der Waals surface area contributed by atoms with Crippen molar-refractivity contribution < 1.29 is 0 Å². The van der Waals surface area contributed by atoms with Gasteiger partial charge in [-0.2, -0.15) is 0 Å². The van der Waals surface area contributed by atoms with Gasteiger partial charge in [-0.15, -0.1) is 11.6 Å². The molecule has 1 nitrogen and oxygen atoms in total. The maximum atomic E-state index is 5.49. The van der Waals surface area contributed by atoms with Crippen molar-refractivity contribution in [1.82, 2.24) is 0 Å². The van der Waals surface area contributed by atoms with E-state index in [0.29, 0.717) is 0 Å². The second-order valence-electron chi connectivity index (χ2n) is 2.63. The van der Waals surface area contributed by atoms with Crippen LogP contribution in [0.4, 0.5) is 0 Å². The summed E-state index contributed by atoms with van der Waals surface area (Å²) < 4.78 is 0. The van der Waals surface area contributed by atoms with E-state index in [2.05, 4.69) is 11.9 Å². The molecule has 0 fully saturated rings. The Kier molecular flexibility index (Phi) is 9.92. The van der Waals surface area contributed by atoms with E-state index < -0.39 is 0 Å². The number of nitrogens with zero attached hydrogens (tertiary/aromatic N) is 1. The predicted molar refractivity (Wildman–Crippen MR) is 52.8 cm³/mol. The van der Waals surface area contributed by atoms with Gasteiger partial charge < -0.3 is 0 Å². The molecule has 0 aliphatic heterocycles. The van der Waals surface area contributed by atoms with Gasteiger partial charge in [0.2, 0.25) is 0 Å². The van der Waals surface area contributed by atoms with Crippen molar-refractivity contribution in [1.29, 1.82) is 0 Å². The van der Waals surface area contributed by atoms with Gasteiger partial charge in [0.05, 0.1) is 0 Å². The van der Waals surface area contributed by atoms with Crippen LogP contribution in [0.3, 0.4) is 0 Å². The molecule has 0 rings (SSSR count). The van der Waals surface area contributed by atoms with Crippen LogP contribution in [0, 0.1) is 0 Å². The molecule has 0 spiro atoms. The highest BCUT2D eigenvalue weighted by Gasteiger charge is 1.82. The summed E-state index contributed by atoms with van der Waals surface area (Å²) in [6.45, 7) is 3.11. The smallest absolute Gasteiger partial charge is 0.0396 e. The molecule has 0 radical (unpaired) electrons. The van der Waals surface area contributed by atoms with Crippen LogP contribution in [-0.4, -0.2) is 18.6 Å². The van der Waals surface area contributed by atoms with E-state index in [-0.39, 0.29) is 0 Å². The van der Waals surface area contributed by atoms with Crippen LogP contribution >= 0.6 is 11.6 Å². The number of hydrogen-bond donors (Lipinski definition) is 0. The van der Waals surface area contributed by atoms with Gasteiger partial charge >= 0.3 is 0 Å². The number of halogens is 1. The highest BCUT2D eigenvalue weighted by atomic mass is 35.5. The SMILES string of the molecule is CCCCCC=NCCCCl. The maximum Gasteiger partial charge on any atom is 0.0396 e. The minimum Gasteiger partial charge on any atom is -0.297 e. The minimum absolute atomic E-state index is 0.728. The number of aliphatic imine (C=N–C) groups is 1. The summed E-state index contributed by atoms with van der Waals surface area (Å²) in [5, 5.41) is 0. The molecule has 0 aromatic heterocycles. The zero-order chi connectivity index (χ0) is 8.36. The topological polar surface area (TPSA) is 12.4 Å². The number of rotatable bonds is 7. The molecule has 0 saturated carbocycles. The molecule has 66 valence electrons. The van der Waals surface area contributed by atoms with Gasteiger partial charge in [0.1, 0.15) is 0 Å². The van der Waals surface area contributed by atoms with Gasteiger partial charge in [0.25, 0.3) is 0 Å². The van der Waals surface area contributed by atoms with E-state index in [1.54, 1.807) is 0 Å². The van der Waals surface area contributed by atoms with Crippen molar-refractivity contribution in [2.24, 2.45) is 4.99 Å². The number of alkyl halides is 1. The molecule has 0 atom stereocenters. The van der Waals surface area contributed by atoms with E-state index in [9.17, 15) is 0 Å². The molecule has 0 bridgehead atoms. The Morgan fingerprint density at radius 3 is 2.73 bits per heavy atom. The summed E-state index contributed by atoms with van der Waals surface area (Å²) in [5.41, 5.74) is 0. The third-order valence-electron chi connectivity index (χ3n) is 1.49. The van der Waals surface area contributed by atoms with Gasteiger partial charge in [-0.3, -0.25) is 4.99 Å². The second kappa shape index (κ2) is 9.96. The first kappa shape index (κ1) is 11.0. The molecule has 2 heteroatoms. The highest BCUT2D eigenvalue weighted by molar-refractivity contribution is 6.17. The van der Waals surface area contributed by atoms with E-state index in [4.69, 9.17) is 11.6 Å². The van der Waals surface area contributed by atoms with E-state index in [1.165, 1.54) is 19.3 Å². The quantitative estimate of drug-likeness (QED) is 0.320. The molecule has 0 unspecified atom stereocenters. The van der Waals surface area contributed by atoms with Crippen LogP contribution in [0.25, 0.3) is 0 Å². The summed E-state index contributed by atoms with van der Waals surface area (Å²) in [6.07, 6.45) is 8.06. The molecule has 0 aromatic rings. The standard InChI is InChI=1S/C9H18ClN/c1-2-3-4-5-8-11-9-6-7-10/h8H,2-7,9H2,1H3. The van der Waals surface area contributed by atoms with Crippen LogP contribution in [0.1, 0.15) is 39.0 Å². The lowest BCUT2D eigenvalue weighted by atomic mass is 10.2. The van der Waals surface area contributed by atoms with Crippen LogP contribution in [-0.2, 0) is 0 Å². The Labute approximate surface area is 74.9 Å². The minimum atomic E-state index is 0.728. The number of hydrogen-bond acceptors (Lipinski definition) is 1. The number of unbranched alkanes of at least 4 members (excludes halogenated alkanes) is 3. The lowest BCUT2D eigenvalue weighted by molar-refractivity contribution is 0.744. The Balaban J connectivity index is 2.91. The summed E-state index contributed by atoms with van der Waals surface area (Å²) >= 11 is 5.49. The molecular formula is C9H18ClN. The summed E-state index contributed by atoms with van der Waals surface area (Å²) in [4.78, 5) is 4.22. The molecule has 0 aliphatic carbocycles. The van der Waals surface area contributed by atoms with Gasteiger partial charge in [-0.05, 0) is 25.5 Å². The van der Waals surface area contributed by atoms with Gasteiger partial charge in [0, 0.05) is 12.4 Å². The molecule has 11 heavy (non-hydrogen) atoms. The van der Waals surface area contributed by atoms with Crippen LogP contribution in [0.15, 0.2) is 4.99 Å². The van der Waals surface area contributed by atoms with E-state index in [0.717, 1.165) is 25.3 Å². The third kappa shape index (κ3) is 9.96. The molecule has 0 heterocycles. The fourth-order valence-corrected chi connectivity index (χ4v) is 0.939. The fourth-order valence-electron chi connectivity index (χ4n) is 0.819. The van der Waals surface area contributed by atoms with Gasteiger partial charge in [0.15, 0.2) is 0 Å². The van der Waals surface area contributed by atoms with E-state index in [1.807, 2.05) is 6.21 Å². The van der Waals surface area contributed by atoms with Crippen LogP contribution in [0.5, 0.6) is 0 Å². The first-order chi connectivity index (χ1) is 5.41. The molecule has 0 amide bonds. The second-order valence-corrected chi connectivity index (χ2v) is 3.01. The van der Waals surface area contributed by atoms with Crippen molar-refractivity contribution in [3.63, 3.8) is 0 Å². The van der Waals surface area contributed by atoms with Gasteiger partial charge in [-0.25, -0.2) is 0 Å². The van der Waals surface area contributed by atoms with Crippen LogP contribution in [0.2, 0.25) is 0 Å². The van der Waals surface area contributed by atoms with Crippen molar-refractivity contribution in [2.45, 2.75) is 39.0 Å². The van der Waals surface area contributed by atoms with Gasteiger partial charge in [-0.1, -0.05) is 19.8 Å². The molecular weight excluding hydrogens is 158 g/mol. The predicted octanol–water partition coefficient (Wildman–Crippen LogP) is 3.27.